The van der Waals surface area contributed by atoms with Gasteiger partial charge in [-0.3, -0.25) is 0 Å². The summed E-state index contributed by atoms with van der Waals surface area (Å²) in [6, 6.07) is 8.92. The Kier molecular flexibility index (Phi) is 3.65. The van der Waals surface area contributed by atoms with Crippen molar-refractivity contribution in [3.05, 3.63) is 35.4 Å². The highest BCUT2D eigenvalue weighted by atomic mass is 14.7. The molecule has 3 atom stereocenters. The molecule has 0 heterocycles. The van der Waals surface area contributed by atoms with E-state index in [4.69, 9.17) is 5.73 Å². The van der Waals surface area contributed by atoms with E-state index in [1.165, 1.54) is 36.8 Å². The maximum atomic E-state index is 6.40. The first-order chi connectivity index (χ1) is 7.66. The highest BCUT2D eigenvalue weighted by Crippen LogP contribution is 2.35. The standard InChI is InChI=1S/C15H23N/c1-11-5-3-7-13(9-11)15(16)14-8-4-6-12(2)10-14/h3,5,7,9,12,14-15H,4,6,8,10,16H2,1-2H3. The van der Waals surface area contributed by atoms with Crippen molar-refractivity contribution in [2.24, 2.45) is 17.6 Å². The third kappa shape index (κ3) is 2.65. The van der Waals surface area contributed by atoms with Crippen LogP contribution in [0.2, 0.25) is 0 Å². The minimum atomic E-state index is 0.239. The molecule has 1 aromatic carbocycles. The minimum Gasteiger partial charge on any atom is -0.324 e. The average Bonchev–Trinajstić information content (AvgIpc) is 2.28. The van der Waals surface area contributed by atoms with Crippen LogP contribution in [0.15, 0.2) is 24.3 Å². The van der Waals surface area contributed by atoms with Gasteiger partial charge in [0.1, 0.15) is 0 Å². The van der Waals surface area contributed by atoms with E-state index < -0.39 is 0 Å². The summed E-state index contributed by atoms with van der Waals surface area (Å²) < 4.78 is 0. The van der Waals surface area contributed by atoms with Crippen LogP contribution < -0.4 is 5.73 Å². The van der Waals surface area contributed by atoms with Gasteiger partial charge in [0, 0.05) is 6.04 Å². The summed E-state index contributed by atoms with van der Waals surface area (Å²) in [6.45, 7) is 4.49. The third-order valence-corrected chi connectivity index (χ3v) is 3.91. The highest BCUT2D eigenvalue weighted by molar-refractivity contribution is 5.25. The minimum absolute atomic E-state index is 0.239. The van der Waals surface area contributed by atoms with Crippen LogP contribution in [0.5, 0.6) is 0 Å². The SMILES string of the molecule is Cc1cccc(C(N)C2CCCC(C)C2)c1. The maximum Gasteiger partial charge on any atom is 0.0323 e. The first kappa shape index (κ1) is 11.7. The molecular weight excluding hydrogens is 194 g/mol. The molecule has 1 heteroatoms. The molecule has 0 radical (unpaired) electrons. The van der Waals surface area contributed by atoms with Crippen LogP contribution in [0.3, 0.4) is 0 Å². The second-order valence-corrected chi connectivity index (χ2v) is 5.47. The van der Waals surface area contributed by atoms with Crippen LogP contribution in [0.1, 0.15) is 49.8 Å². The molecule has 2 N–H and O–H groups in total. The fourth-order valence-corrected chi connectivity index (χ4v) is 2.96. The molecule has 1 aliphatic rings. The molecule has 88 valence electrons. The molecule has 0 aliphatic heterocycles. The average molecular weight is 217 g/mol. The molecule has 3 unspecified atom stereocenters. The Morgan fingerprint density at radius 2 is 2.12 bits per heavy atom. The van der Waals surface area contributed by atoms with Gasteiger partial charge in [-0.25, -0.2) is 0 Å². The summed E-state index contributed by atoms with van der Waals surface area (Å²) >= 11 is 0. The van der Waals surface area contributed by atoms with E-state index in [0.29, 0.717) is 5.92 Å². The fourth-order valence-electron chi connectivity index (χ4n) is 2.96. The van der Waals surface area contributed by atoms with Crippen molar-refractivity contribution in [2.45, 2.75) is 45.6 Å². The predicted octanol–water partition coefficient (Wildman–Crippen LogP) is 3.82. The largest absolute Gasteiger partial charge is 0.324 e. The molecular formula is C15H23N. The summed E-state index contributed by atoms with van der Waals surface area (Å²) in [4.78, 5) is 0. The Hall–Kier alpha value is -0.820. The molecule has 1 saturated carbocycles. The Bertz CT molecular complexity index is 345. The van der Waals surface area contributed by atoms with Crippen molar-refractivity contribution in [3.63, 3.8) is 0 Å². The summed E-state index contributed by atoms with van der Waals surface area (Å²) in [5, 5.41) is 0. The van der Waals surface area contributed by atoms with Crippen LogP contribution in [-0.2, 0) is 0 Å². The van der Waals surface area contributed by atoms with E-state index in [2.05, 4.69) is 38.1 Å². The topological polar surface area (TPSA) is 26.0 Å². The van der Waals surface area contributed by atoms with Gasteiger partial charge in [-0.1, -0.05) is 49.6 Å². The van der Waals surface area contributed by atoms with Gasteiger partial charge in [-0.05, 0) is 37.2 Å². The van der Waals surface area contributed by atoms with Gasteiger partial charge in [0.15, 0.2) is 0 Å². The molecule has 0 bridgehead atoms. The molecule has 1 nitrogen and oxygen atoms in total. The summed E-state index contributed by atoms with van der Waals surface area (Å²) in [6.07, 6.45) is 5.34. The summed E-state index contributed by atoms with van der Waals surface area (Å²) in [5.41, 5.74) is 9.04. The Balaban J connectivity index is 2.09. The van der Waals surface area contributed by atoms with E-state index >= 15 is 0 Å². The van der Waals surface area contributed by atoms with Crippen molar-refractivity contribution in [1.82, 2.24) is 0 Å². The Morgan fingerprint density at radius 1 is 1.31 bits per heavy atom. The second kappa shape index (κ2) is 5.01. The molecule has 2 rings (SSSR count). The van der Waals surface area contributed by atoms with E-state index in [0.717, 1.165) is 5.92 Å². The molecule has 0 spiro atoms. The van der Waals surface area contributed by atoms with E-state index in [1.807, 2.05) is 0 Å². The summed E-state index contributed by atoms with van der Waals surface area (Å²) in [5.74, 6) is 1.54. The zero-order valence-corrected chi connectivity index (χ0v) is 10.4. The first-order valence-electron chi connectivity index (χ1n) is 6.49. The predicted molar refractivity (Wildman–Crippen MR) is 69.2 cm³/mol. The number of nitrogens with two attached hydrogens (primary N) is 1. The third-order valence-electron chi connectivity index (χ3n) is 3.91. The number of hydrogen-bond acceptors (Lipinski definition) is 1. The molecule has 0 saturated heterocycles. The normalized spacial score (nSPS) is 27.7. The smallest absolute Gasteiger partial charge is 0.0323 e. The molecule has 1 aromatic rings. The van der Waals surface area contributed by atoms with Crippen LogP contribution in [0.25, 0.3) is 0 Å². The monoisotopic (exact) mass is 217 g/mol. The van der Waals surface area contributed by atoms with Gasteiger partial charge in [0.25, 0.3) is 0 Å². The van der Waals surface area contributed by atoms with Crippen molar-refractivity contribution in [2.75, 3.05) is 0 Å². The van der Waals surface area contributed by atoms with Gasteiger partial charge in [0.05, 0.1) is 0 Å². The lowest BCUT2D eigenvalue weighted by molar-refractivity contribution is 0.248. The number of rotatable bonds is 2. The molecule has 1 aliphatic carbocycles. The van der Waals surface area contributed by atoms with Gasteiger partial charge in [-0.15, -0.1) is 0 Å². The van der Waals surface area contributed by atoms with Crippen molar-refractivity contribution >= 4 is 0 Å². The second-order valence-electron chi connectivity index (χ2n) is 5.47. The lowest BCUT2D eigenvalue weighted by Crippen LogP contribution is -2.26. The van der Waals surface area contributed by atoms with Gasteiger partial charge < -0.3 is 5.73 Å². The molecule has 0 amide bonds. The number of aryl methyl sites for hydroxylation is 1. The quantitative estimate of drug-likeness (QED) is 0.800. The van der Waals surface area contributed by atoms with Gasteiger partial charge >= 0.3 is 0 Å². The zero-order valence-electron chi connectivity index (χ0n) is 10.4. The fraction of sp³-hybridized carbons (Fsp3) is 0.600. The van der Waals surface area contributed by atoms with E-state index in [-0.39, 0.29) is 6.04 Å². The first-order valence-corrected chi connectivity index (χ1v) is 6.49. The van der Waals surface area contributed by atoms with Crippen LogP contribution in [0, 0.1) is 18.8 Å². The Morgan fingerprint density at radius 3 is 2.81 bits per heavy atom. The zero-order chi connectivity index (χ0) is 11.5. The maximum absolute atomic E-state index is 6.40. The van der Waals surface area contributed by atoms with Crippen molar-refractivity contribution in [1.29, 1.82) is 0 Å². The Labute approximate surface area is 99.0 Å². The van der Waals surface area contributed by atoms with Gasteiger partial charge in [-0.2, -0.15) is 0 Å². The molecule has 0 aromatic heterocycles. The van der Waals surface area contributed by atoms with Crippen molar-refractivity contribution < 1.29 is 0 Å². The van der Waals surface area contributed by atoms with E-state index in [1.54, 1.807) is 0 Å². The van der Waals surface area contributed by atoms with Crippen LogP contribution >= 0.6 is 0 Å². The van der Waals surface area contributed by atoms with Gasteiger partial charge in [0.2, 0.25) is 0 Å². The van der Waals surface area contributed by atoms with E-state index in [9.17, 15) is 0 Å². The number of hydrogen-bond donors (Lipinski definition) is 1. The van der Waals surface area contributed by atoms with Crippen molar-refractivity contribution in [3.8, 4) is 0 Å². The van der Waals surface area contributed by atoms with Crippen LogP contribution in [0.4, 0.5) is 0 Å². The summed E-state index contributed by atoms with van der Waals surface area (Å²) in [7, 11) is 0. The molecule has 1 fully saturated rings. The lowest BCUT2D eigenvalue weighted by atomic mass is 9.77. The molecule has 16 heavy (non-hydrogen) atoms. The number of benzene rings is 1. The highest BCUT2D eigenvalue weighted by Gasteiger charge is 2.25. The lowest BCUT2D eigenvalue weighted by Gasteiger charge is -2.31. The van der Waals surface area contributed by atoms with Crippen LogP contribution in [-0.4, -0.2) is 0 Å².